The Hall–Kier alpha value is -1.12. The van der Waals surface area contributed by atoms with Crippen LogP contribution < -0.4 is 0 Å². The Morgan fingerprint density at radius 2 is 0.786 bits per heavy atom. The summed E-state index contributed by atoms with van der Waals surface area (Å²) < 4.78 is 11.9. The first-order valence-electron chi connectivity index (χ1n) is 24.2. The van der Waals surface area contributed by atoms with Crippen molar-refractivity contribution < 1.29 is 23.9 Å². The summed E-state index contributed by atoms with van der Waals surface area (Å²) in [4.78, 5) is 42.7. The SMILES string of the molecule is CCCCCCC(CCCCCC)OC(=O)CCCCCCCN(CCCCCCCC(=O)OC(CCCCCC)CCCCCC)CC(=O)SCCN(C)C. The van der Waals surface area contributed by atoms with E-state index in [-0.39, 0.29) is 29.3 Å². The van der Waals surface area contributed by atoms with Crippen LogP contribution in [0, 0.1) is 0 Å². The molecule has 0 radical (unpaired) electrons. The molecule has 0 amide bonds. The highest BCUT2D eigenvalue weighted by Crippen LogP contribution is 2.19. The molecule has 0 aromatic carbocycles. The molecule has 332 valence electrons. The minimum Gasteiger partial charge on any atom is -0.462 e. The zero-order valence-electron chi connectivity index (χ0n) is 38.2. The van der Waals surface area contributed by atoms with Crippen LogP contribution in [0.15, 0.2) is 0 Å². The van der Waals surface area contributed by atoms with E-state index in [9.17, 15) is 14.4 Å². The van der Waals surface area contributed by atoms with Crippen LogP contribution in [0.25, 0.3) is 0 Å². The molecule has 0 rings (SSSR count). The third kappa shape index (κ3) is 38.4. The first kappa shape index (κ1) is 54.9. The second-order valence-corrected chi connectivity index (χ2v) is 18.1. The summed E-state index contributed by atoms with van der Waals surface area (Å²) in [6, 6.07) is 0. The van der Waals surface area contributed by atoms with Crippen LogP contribution in [-0.4, -0.2) is 85.1 Å². The van der Waals surface area contributed by atoms with Gasteiger partial charge in [-0.1, -0.05) is 155 Å². The number of hydrogen-bond donors (Lipinski definition) is 0. The van der Waals surface area contributed by atoms with Gasteiger partial charge in [-0.3, -0.25) is 19.3 Å². The molecule has 56 heavy (non-hydrogen) atoms. The Kier molecular flexibility index (Phi) is 41.2. The van der Waals surface area contributed by atoms with E-state index in [4.69, 9.17) is 9.47 Å². The standard InChI is InChI=1S/C48H94N2O5S/c1-7-11-15-25-33-44(34-26-16-12-8-2)54-46(51)37-29-21-19-23-31-39-50(43-48(53)56-42-41-49(5)6)40-32-24-20-22-30-38-47(52)55-45(35-27-17-13-9-3)36-28-18-14-10-4/h44-45H,7-43H2,1-6H3. The molecule has 0 saturated carbocycles. The van der Waals surface area contributed by atoms with Gasteiger partial charge in [-0.05, 0) is 104 Å². The molecule has 0 atom stereocenters. The minimum atomic E-state index is -0.00709. The van der Waals surface area contributed by atoms with Crippen molar-refractivity contribution in [2.75, 3.05) is 46.0 Å². The highest BCUT2D eigenvalue weighted by Gasteiger charge is 2.16. The maximum Gasteiger partial charge on any atom is 0.306 e. The molecule has 0 aromatic heterocycles. The molecule has 0 N–H and O–H groups in total. The van der Waals surface area contributed by atoms with E-state index in [1.807, 2.05) is 14.1 Å². The number of ether oxygens (including phenoxy) is 2. The number of carbonyl (C=O) groups excluding carboxylic acids is 3. The fraction of sp³-hybridized carbons (Fsp3) is 0.938. The van der Waals surface area contributed by atoms with Crippen LogP contribution in [0.3, 0.4) is 0 Å². The van der Waals surface area contributed by atoms with Gasteiger partial charge in [-0.15, -0.1) is 0 Å². The molecule has 0 saturated heterocycles. The van der Waals surface area contributed by atoms with Crippen molar-refractivity contribution in [2.24, 2.45) is 0 Å². The molecule has 0 aromatic rings. The molecule has 0 fully saturated rings. The number of thioether (sulfide) groups is 1. The molecule has 0 unspecified atom stereocenters. The lowest BCUT2D eigenvalue weighted by atomic mass is 10.0. The van der Waals surface area contributed by atoms with E-state index >= 15 is 0 Å². The second kappa shape index (κ2) is 42.0. The maximum atomic E-state index is 12.8. The van der Waals surface area contributed by atoms with Gasteiger partial charge in [0.15, 0.2) is 0 Å². The van der Waals surface area contributed by atoms with Gasteiger partial charge < -0.3 is 14.4 Å². The van der Waals surface area contributed by atoms with E-state index in [0.29, 0.717) is 19.4 Å². The summed E-state index contributed by atoms with van der Waals surface area (Å²) in [6.07, 6.45) is 35.4. The van der Waals surface area contributed by atoms with E-state index in [2.05, 4.69) is 37.5 Å². The van der Waals surface area contributed by atoms with Crippen LogP contribution in [0.1, 0.15) is 233 Å². The normalized spacial score (nSPS) is 11.8. The lowest BCUT2D eigenvalue weighted by Crippen LogP contribution is -2.31. The molecular weight excluding hydrogens is 717 g/mol. The molecule has 0 heterocycles. The summed E-state index contributed by atoms with van der Waals surface area (Å²) in [5.41, 5.74) is 0. The number of nitrogens with zero attached hydrogens (tertiary/aromatic N) is 2. The van der Waals surface area contributed by atoms with E-state index in [1.54, 1.807) is 0 Å². The van der Waals surface area contributed by atoms with Gasteiger partial charge >= 0.3 is 11.9 Å². The smallest absolute Gasteiger partial charge is 0.306 e. The van der Waals surface area contributed by atoms with Gasteiger partial charge in [-0.2, -0.15) is 0 Å². The fourth-order valence-corrected chi connectivity index (χ4v) is 8.28. The summed E-state index contributed by atoms with van der Waals surface area (Å²) >= 11 is 1.46. The average molecular weight is 811 g/mol. The Morgan fingerprint density at radius 3 is 1.14 bits per heavy atom. The Bertz CT molecular complexity index is 808. The molecule has 8 heteroatoms. The fourth-order valence-electron chi connectivity index (χ4n) is 7.32. The molecular formula is C48H94N2O5S. The predicted molar refractivity (Wildman–Crippen MR) is 243 cm³/mol. The van der Waals surface area contributed by atoms with Gasteiger partial charge in [0.1, 0.15) is 12.2 Å². The van der Waals surface area contributed by atoms with Crippen LogP contribution in [-0.2, 0) is 23.9 Å². The summed E-state index contributed by atoms with van der Waals surface area (Å²) in [5, 5.41) is 0.270. The van der Waals surface area contributed by atoms with Crippen molar-refractivity contribution >= 4 is 28.8 Å². The quantitative estimate of drug-likeness (QED) is 0.0445. The Morgan fingerprint density at radius 1 is 0.446 bits per heavy atom. The summed E-state index contributed by atoms with van der Waals surface area (Å²) in [6.45, 7) is 12.3. The predicted octanol–water partition coefficient (Wildman–Crippen LogP) is 13.5. The topological polar surface area (TPSA) is 76.1 Å². The Balaban J connectivity index is 4.53. The summed E-state index contributed by atoms with van der Waals surface area (Å²) in [5.74, 6) is 0.821. The molecule has 0 spiro atoms. The number of hydrogen-bond acceptors (Lipinski definition) is 8. The zero-order valence-corrected chi connectivity index (χ0v) is 39.0. The molecule has 0 aliphatic heterocycles. The number of rotatable bonds is 43. The highest BCUT2D eigenvalue weighted by molar-refractivity contribution is 8.13. The van der Waals surface area contributed by atoms with E-state index < -0.39 is 0 Å². The second-order valence-electron chi connectivity index (χ2n) is 17.0. The molecule has 0 aliphatic carbocycles. The number of esters is 2. The summed E-state index contributed by atoms with van der Waals surface area (Å²) in [7, 11) is 4.10. The van der Waals surface area contributed by atoms with Crippen molar-refractivity contribution in [3.8, 4) is 0 Å². The maximum absolute atomic E-state index is 12.8. The number of carbonyl (C=O) groups is 3. The van der Waals surface area contributed by atoms with Gasteiger partial charge in [-0.25, -0.2) is 0 Å². The lowest BCUT2D eigenvalue weighted by Gasteiger charge is -2.21. The first-order chi connectivity index (χ1) is 27.2. The van der Waals surface area contributed by atoms with E-state index in [1.165, 1.54) is 88.8 Å². The highest BCUT2D eigenvalue weighted by atomic mass is 32.2. The molecule has 0 aliphatic rings. The molecule has 7 nitrogen and oxygen atoms in total. The van der Waals surface area contributed by atoms with Crippen molar-refractivity contribution in [1.82, 2.24) is 9.80 Å². The number of unbranched alkanes of at least 4 members (excludes halogenated alkanes) is 20. The third-order valence-corrected chi connectivity index (χ3v) is 11.8. The monoisotopic (exact) mass is 811 g/mol. The van der Waals surface area contributed by atoms with Crippen LogP contribution in [0.2, 0.25) is 0 Å². The zero-order chi connectivity index (χ0) is 41.3. The van der Waals surface area contributed by atoms with E-state index in [0.717, 1.165) is 141 Å². The van der Waals surface area contributed by atoms with Gasteiger partial charge in [0.2, 0.25) is 5.12 Å². The van der Waals surface area contributed by atoms with Crippen LogP contribution >= 0.6 is 11.8 Å². The van der Waals surface area contributed by atoms with Gasteiger partial charge in [0.05, 0.1) is 6.54 Å². The molecule has 0 bridgehead atoms. The van der Waals surface area contributed by atoms with Crippen LogP contribution in [0.5, 0.6) is 0 Å². The van der Waals surface area contributed by atoms with Crippen LogP contribution in [0.4, 0.5) is 0 Å². The van der Waals surface area contributed by atoms with Gasteiger partial charge in [0.25, 0.3) is 0 Å². The van der Waals surface area contributed by atoms with Crippen molar-refractivity contribution in [3.05, 3.63) is 0 Å². The third-order valence-electron chi connectivity index (χ3n) is 11.0. The average Bonchev–Trinajstić information content (AvgIpc) is 3.17. The lowest BCUT2D eigenvalue weighted by molar-refractivity contribution is -0.151. The van der Waals surface area contributed by atoms with Crippen molar-refractivity contribution in [3.63, 3.8) is 0 Å². The Labute approximate surface area is 352 Å². The largest absolute Gasteiger partial charge is 0.462 e. The van der Waals surface area contributed by atoms with Crippen molar-refractivity contribution in [2.45, 2.75) is 245 Å². The van der Waals surface area contributed by atoms with Crippen molar-refractivity contribution in [1.29, 1.82) is 0 Å². The first-order valence-corrected chi connectivity index (χ1v) is 25.2. The van der Waals surface area contributed by atoms with Gasteiger partial charge in [0, 0.05) is 25.1 Å². The minimum absolute atomic E-state index is 0.00709.